The average Bonchev–Trinajstić information content (AvgIpc) is 2.80. The van der Waals surface area contributed by atoms with Gasteiger partial charge in [-0.1, -0.05) is 24.3 Å². The van der Waals surface area contributed by atoms with Crippen LogP contribution in [0.2, 0.25) is 0 Å². The minimum absolute atomic E-state index is 0. The van der Waals surface area contributed by atoms with Crippen LogP contribution in [0.5, 0.6) is 0 Å². The second-order valence-electron chi connectivity index (χ2n) is 3.50. The normalized spacial score (nSPS) is 15.7. The van der Waals surface area contributed by atoms with Crippen LogP contribution >= 0.6 is 0 Å². The van der Waals surface area contributed by atoms with Gasteiger partial charge < -0.3 is 16.0 Å². The Morgan fingerprint density at radius 1 is 0.632 bits per heavy atom. The van der Waals surface area contributed by atoms with Gasteiger partial charge in [-0.25, -0.2) is 0 Å². The number of rotatable bonds is 0. The Morgan fingerprint density at radius 3 is 1.16 bits per heavy atom. The minimum Gasteiger partial charge on any atom is -0.668 e. The molecule has 2 aliphatic carbocycles. The van der Waals surface area contributed by atoms with Gasteiger partial charge in [-0.05, 0) is 19.3 Å². The van der Waals surface area contributed by atoms with Crippen LogP contribution < -0.4 is 0 Å². The van der Waals surface area contributed by atoms with Crippen LogP contribution in [-0.4, -0.2) is 42.3 Å². The van der Waals surface area contributed by atoms with E-state index in [1.54, 1.807) is 42.3 Å². The third kappa shape index (κ3) is 16.2. The summed E-state index contributed by atoms with van der Waals surface area (Å²) < 4.78 is 0. The minimum atomic E-state index is 0. The Bertz CT molecular complexity index is 183. The zero-order valence-corrected chi connectivity index (χ0v) is 15.3. The fourth-order valence-corrected chi connectivity index (χ4v) is 1.07. The van der Waals surface area contributed by atoms with E-state index in [4.69, 9.17) is 0 Å². The molecular formula is C15H25N3Zr+. The molecule has 0 aromatic carbocycles. The van der Waals surface area contributed by atoms with Gasteiger partial charge in [0.25, 0.3) is 0 Å². The molecule has 0 bridgehead atoms. The Morgan fingerprint density at radius 2 is 0.895 bits per heavy atom. The zero-order chi connectivity index (χ0) is 14.2. The van der Waals surface area contributed by atoms with Crippen LogP contribution in [0.4, 0.5) is 0 Å². The molecule has 3 nitrogen and oxygen atoms in total. The van der Waals surface area contributed by atoms with Gasteiger partial charge in [0, 0.05) is 11.8 Å². The first-order valence-electron chi connectivity index (χ1n) is 5.75. The molecular weight excluding hydrogens is 313 g/mol. The smallest absolute Gasteiger partial charge is 0.668 e. The van der Waals surface area contributed by atoms with E-state index in [9.17, 15) is 0 Å². The van der Waals surface area contributed by atoms with Crippen molar-refractivity contribution in [1.82, 2.24) is 0 Å². The first-order valence-corrected chi connectivity index (χ1v) is 5.75. The van der Waals surface area contributed by atoms with Crippen LogP contribution in [0.1, 0.15) is 0 Å². The molecule has 5 radical (unpaired) electrons. The zero-order valence-electron chi connectivity index (χ0n) is 12.9. The van der Waals surface area contributed by atoms with Gasteiger partial charge in [0.1, 0.15) is 0 Å². The molecule has 0 unspecified atom stereocenters. The van der Waals surface area contributed by atoms with Gasteiger partial charge in [0.05, 0.1) is 0 Å². The van der Waals surface area contributed by atoms with Crippen molar-refractivity contribution in [2.45, 2.75) is 0 Å². The summed E-state index contributed by atoms with van der Waals surface area (Å²) in [6.07, 6.45) is 14.7. The van der Waals surface area contributed by atoms with Gasteiger partial charge in [-0.3, -0.25) is 0 Å². The molecule has 103 valence electrons. The molecule has 0 aromatic rings. The van der Waals surface area contributed by atoms with E-state index in [0.29, 0.717) is 0 Å². The predicted molar refractivity (Wildman–Crippen MR) is 83.3 cm³/mol. The summed E-state index contributed by atoms with van der Waals surface area (Å²) in [4.78, 5) is 0. The van der Waals surface area contributed by atoms with Crippen molar-refractivity contribution in [3.05, 3.63) is 71.4 Å². The third-order valence-corrected chi connectivity index (χ3v) is 1.55. The van der Waals surface area contributed by atoms with E-state index in [1.807, 2.05) is 0 Å². The maximum absolute atomic E-state index is 3.50. The van der Waals surface area contributed by atoms with Crippen LogP contribution in [0.15, 0.2) is 24.3 Å². The summed E-state index contributed by atoms with van der Waals surface area (Å²) in [5.74, 6) is 2.66. The van der Waals surface area contributed by atoms with Crippen molar-refractivity contribution in [3.63, 3.8) is 0 Å². The van der Waals surface area contributed by atoms with Crippen molar-refractivity contribution in [2.24, 2.45) is 0 Å². The van der Waals surface area contributed by atoms with Crippen molar-refractivity contribution in [1.29, 1.82) is 0 Å². The molecule has 0 amide bonds. The number of nitrogens with zero attached hydrogens (tertiary/aromatic N) is 3. The maximum atomic E-state index is 3.50. The van der Waals surface area contributed by atoms with Crippen LogP contribution in [0.25, 0.3) is 16.0 Å². The molecule has 0 aliphatic heterocycles. The van der Waals surface area contributed by atoms with E-state index >= 15 is 0 Å². The van der Waals surface area contributed by atoms with E-state index in [-0.39, 0.29) is 26.2 Å². The molecule has 0 aromatic heterocycles. The standard InChI is InChI=1S/C9H7.3C2H6N.Zr/c1-2-5-9-7-3-6-8(9)4-1;3*1-3-2;/h1-7H;3*1-2H3;/q;3*-1;+4. The Balaban J connectivity index is -0.000000220. The number of fused-ring (bicyclic) bond motifs is 1. The molecule has 0 spiro atoms. The molecule has 19 heavy (non-hydrogen) atoms. The van der Waals surface area contributed by atoms with Gasteiger partial charge in [-0.15, -0.1) is 0 Å². The SMILES string of the molecule is C[N-]C.C[N-]C.C[N-]C.[CH]1[CH][C]2C=CC=C[C]2[CH]1.[Zr+4]. The summed E-state index contributed by atoms with van der Waals surface area (Å²) in [7, 11) is 10.5. The van der Waals surface area contributed by atoms with Crippen molar-refractivity contribution in [2.75, 3.05) is 42.3 Å². The Labute approximate surface area is 139 Å². The molecule has 0 saturated heterocycles. The van der Waals surface area contributed by atoms with Crippen LogP contribution in [0, 0.1) is 31.1 Å². The molecule has 1 fully saturated rings. The molecule has 0 atom stereocenters. The summed E-state index contributed by atoms with van der Waals surface area (Å²) in [6, 6.07) is 0. The van der Waals surface area contributed by atoms with E-state index in [1.165, 1.54) is 11.8 Å². The van der Waals surface area contributed by atoms with E-state index in [2.05, 4.69) is 59.5 Å². The molecule has 2 rings (SSSR count). The first-order chi connectivity index (χ1) is 8.71. The van der Waals surface area contributed by atoms with Crippen molar-refractivity contribution >= 4 is 0 Å². The maximum Gasteiger partial charge on any atom is 4.00 e. The molecule has 1 saturated carbocycles. The molecule has 2 aliphatic rings. The van der Waals surface area contributed by atoms with Crippen LogP contribution in [-0.2, 0) is 26.2 Å². The largest absolute Gasteiger partial charge is 4.00 e. The van der Waals surface area contributed by atoms with Gasteiger partial charge >= 0.3 is 26.2 Å². The second-order valence-corrected chi connectivity index (χ2v) is 3.50. The number of hydrogen-bond acceptors (Lipinski definition) is 0. The summed E-state index contributed by atoms with van der Waals surface area (Å²) >= 11 is 0. The summed E-state index contributed by atoms with van der Waals surface area (Å²) in [6.45, 7) is 0. The van der Waals surface area contributed by atoms with Gasteiger partial charge in [0.15, 0.2) is 0 Å². The quantitative estimate of drug-likeness (QED) is 0.646. The Hall–Kier alpha value is 0.243. The fourth-order valence-electron chi connectivity index (χ4n) is 1.07. The fraction of sp³-hybridized carbons (Fsp3) is 0.400. The average molecular weight is 339 g/mol. The topological polar surface area (TPSA) is 42.3 Å². The van der Waals surface area contributed by atoms with Crippen molar-refractivity contribution < 1.29 is 26.2 Å². The summed E-state index contributed by atoms with van der Waals surface area (Å²) in [5, 5.41) is 10.5. The monoisotopic (exact) mass is 337 g/mol. The number of hydrogen-bond donors (Lipinski definition) is 0. The van der Waals surface area contributed by atoms with E-state index in [0.717, 1.165) is 0 Å². The third-order valence-electron chi connectivity index (χ3n) is 1.55. The van der Waals surface area contributed by atoms with Gasteiger partial charge in [0.2, 0.25) is 0 Å². The Kier molecular flexibility index (Phi) is 26.3. The van der Waals surface area contributed by atoms with Gasteiger partial charge in [-0.2, -0.15) is 42.3 Å². The summed E-state index contributed by atoms with van der Waals surface area (Å²) in [5.41, 5.74) is 0. The number of allylic oxidation sites excluding steroid dienone is 4. The molecule has 4 heteroatoms. The first kappa shape index (κ1) is 24.3. The predicted octanol–water partition coefficient (Wildman–Crippen LogP) is 3.74. The molecule has 0 N–H and O–H groups in total. The van der Waals surface area contributed by atoms with Crippen LogP contribution in [0.3, 0.4) is 0 Å². The molecule has 0 heterocycles. The van der Waals surface area contributed by atoms with Crippen molar-refractivity contribution in [3.8, 4) is 0 Å². The second kappa shape index (κ2) is 20.6. The van der Waals surface area contributed by atoms with E-state index < -0.39 is 0 Å².